The number of rotatable bonds is 7. The highest BCUT2D eigenvalue weighted by Crippen LogP contribution is 2.36. The predicted octanol–water partition coefficient (Wildman–Crippen LogP) is 4.75. The zero-order valence-corrected chi connectivity index (χ0v) is 18.9. The third-order valence-corrected chi connectivity index (χ3v) is 6.23. The van der Waals surface area contributed by atoms with Gasteiger partial charge in [0, 0.05) is 44.2 Å². The Morgan fingerprint density at radius 1 is 0.781 bits per heavy atom. The van der Waals surface area contributed by atoms with E-state index in [1.165, 1.54) is 28.0 Å². The number of nitrogens with zero attached hydrogens (tertiary/aromatic N) is 2. The highest BCUT2D eigenvalue weighted by Gasteiger charge is 2.17. The molecule has 32 heavy (non-hydrogen) atoms. The first-order chi connectivity index (χ1) is 15.7. The monoisotopic (exact) mass is 427 g/mol. The number of nitrogens with two attached hydrogens (primary N) is 1. The Labute approximate surface area is 191 Å². The maximum atomic E-state index is 9.57. The van der Waals surface area contributed by atoms with E-state index in [4.69, 9.17) is 5.73 Å². The Morgan fingerprint density at radius 3 is 1.97 bits per heavy atom. The first-order valence-electron chi connectivity index (χ1n) is 11.4. The van der Waals surface area contributed by atoms with Crippen molar-refractivity contribution in [2.24, 2.45) is 0 Å². The fourth-order valence-corrected chi connectivity index (χ4v) is 4.38. The molecule has 0 bridgehead atoms. The van der Waals surface area contributed by atoms with Crippen LogP contribution in [0.15, 0.2) is 78.9 Å². The summed E-state index contributed by atoms with van der Waals surface area (Å²) in [6, 6.07) is 27.6. The molecule has 1 saturated heterocycles. The van der Waals surface area contributed by atoms with Crippen molar-refractivity contribution in [2.75, 3.05) is 50.5 Å². The van der Waals surface area contributed by atoms with E-state index in [2.05, 4.69) is 77.5 Å². The van der Waals surface area contributed by atoms with Crippen LogP contribution in [-0.4, -0.2) is 49.8 Å². The number of hydrogen-bond acceptors (Lipinski definition) is 4. The number of aliphatic hydroxyl groups is 1. The number of likely N-dealkylation sites (N-methyl/N-ethyl adjacent to an activating group) is 1. The average molecular weight is 428 g/mol. The SMILES string of the molecule is CN1CCN(c2ccc(C(=C(CCCO)c3ccccc3)c3ccc(N)cc3)cc2)CC1. The van der Waals surface area contributed by atoms with E-state index in [9.17, 15) is 5.11 Å². The quantitative estimate of drug-likeness (QED) is 0.422. The third-order valence-electron chi connectivity index (χ3n) is 6.23. The van der Waals surface area contributed by atoms with Crippen LogP contribution >= 0.6 is 0 Å². The lowest BCUT2D eigenvalue weighted by molar-refractivity contribution is 0.290. The van der Waals surface area contributed by atoms with E-state index in [0.29, 0.717) is 0 Å². The van der Waals surface area contributed by atoms with Gasteiger partial charge in [0.15, 0.2) is 0 Å². The molecule has 4 heteroatoms. The standard InChI is InChI=1S/C28H33N3O/c1-30-17-19-31(20-18-30)26-15-11-24(12-16-26)28(23-9-13-25(29)14-10-23)27(8-5-21-32)22-6-3-2-4-7-22/h2-4,6-7,9-16,32H,5,8,17-21,29H2,1H3. The molecule has 1 fully saturated rings. The first-order valence-corrected chi connectivity index (χ1v) is 11.4. The molecule has 1 aliphatic rings. The van der Waals surface area contributed by atoms with Gasteiger partial charge in [0.2, 0.25) is 0 Å². The Morgan fingerprint density at radius 2 is 1.38 bits per heavy atom. The maximum absolute atomic E-state index is 9.57. The van der Waals surface area contributed by atoms with E-state index in [1.54, 1.807) is 0 Å². The van der Waals surface area contributed by atoms with Crippen molar-refractivity contribution in [3.05, 3.63) is 95.6 Å². The summed E-state index contributed by atoms with van der Waals surface area (Å²) < 4.78 is 0. The van der Waals surface area contributed by atoms with Crippen LogP contribution in [0.25, 0.3) is 11.1 Å². The molecule has 166 valence electrons. The van der Waals surface area contributed by atoms with Gasteiger partial charge in [0.05, 0.1) is 0 Å². The van der Waals surface area contributed by atoms with Crippen molar-refractivity contribution < 1.29 is 5.11 Å². The Bertz CT molecular complexity index is 1020. The molecule has 0 unspecified atom stereocenters. The van der Waals surface area contributed by atoms with Gasteiger partial charge in [-0.15, -0.1) is 0 Å². The Balaban J connectivity index is 1.78. The van der Waals surface area contributed by atoms with Crippen molar-refractivity contribution in [1.29, 1.82) is 0 Å². The fourth-order valence-electron chi connectivity index (χ4n) is 4.38. The minimum absolute atomic E-state index is 0.174. The number of nitrogen functional groups attached to an aromatic ring is 1. The van der Waals surface area contributed by atoms with Gasteiger partial charge in [-0.05, 0) is 72.0 Å². The summed E-state index contributed by atoms with van der Waals surface area (Å²) in [5.41, 5.74) is 14.0. The predicted molar refractivity (Wildman–Crippen MR) is 136 cm³/mol. The number of benzene rings is 3. The first kappa shape index (κ1) is 22.1. The van der Waals surface area contributed by atoms with Crippen molar-refractivity contribution in [2.45, 2.75) is 12.8 Å². The smallest absolute Gasteiger partial charge is 0.0434 e. The molecule has 1 heterocycles. The largest absolute Gasteiger partial charge is 0.399 e. The molecule has 3 aromatic rings. The number of piperazine rings is 1. The maximum Gasteiger partial charge on any atom is 0.0434 e. The number of allylic oxidation sites excluding steroid dienone is 1. The van der Waals surface area contributed by atoms with Crippen LogP contribution in [-0.2, 0) is 0 Å². The lowest BCUT2D eigenvalue weighted by Gasteiger charge is -2.34. The molecule has 0 saturated carbocycles. The van der Waals surface area contributed by atoms with Gasteiger partial charge in [0.1, 0.15) is 0 Å². The molecule has 0 spiro atoms. The van der Waals surface area contributed by atoms with E-state index in [-0.39, 0.29) is 6.61 Å². The average Bonchev–Trinajstić information content (AvgIpc) is 2.84. The Kier molecular flexibility index (Phi) is 7.25. The Hall–Kier alpha value is -3.08. The molecule has 4 nitrogen and oxygen atoms in total. The summed E-state index contributed by atoms with van der Waals surface area (Å²) in [5.74, 6) is 0. The third kappa shape index (κ3) is 5.21. The second-order valence-electron chi connectivity index (χ2n) is 8.51. The van der Waals surface area contributed by atoms with E-state index >= 15 is 0 Å². The zero-order chi connectivity index (χ0) is 22.3. The second kappa shape index (κ2) is 10.5. The van der Waals surface area contributed by atoms with Gasteiger partial charge in [-0.1, -0.05) is 54.6 Å². The van der Waals surface area contributed by atoms with Crippen LogP contribution in [0.3, 0.4) is 0 Å². The molecule has 0 atom stereocenters. The van der Waals surface area contributed by atoms with E-state index in [0.717, 1.165) is 50.3 Å². The van der Waals surface area contributed by atoms with E-state index in [1.807, 2.05) is 18.2 Å². The summed E-state index contributed by atoms with van der Waals surface area (Å²) in [4.78, 5) is 4.83. The van der Waals surface area contributed by atoms with Crippen LogP contribution < -0.4 is 10.6 Å². The van der Waals surface area contributed by atoms with Gasteiger partial charge in [-0.25, -0.2) is 0 Å². The second-order valence-corrected chi connectivity index (χ2v) is 8.51. The molecule has 3 aromatic carbocycles. The van der Waals surface area contributed by atoms with E-state index < -0.39 is 0 Å². The molecule has 0 aromatic heterocycles. The van der Waals surface area contributed by atoms with Crippen molar-refractivity contribution in [3.8, 4) is 0 Å². The lowest BCUT2D eigenvalue weighted by atomic mass is 9.87. The molecular formula is C28H33N3O. The minimum Gasteiger partial charge on any atom is -0.399 e. The highest BCUT2D eigenvalue weighted by molar-refractivity contribution is 5.99. The molecule has 0 aliphatic carbocycles. The van der Waals surface area contributed by atoms with Gasteiger partial charge < -0.3 is 20.6 Å². The van der Waals surface area contributed by atoms with Gasteiger partial charge in [-0.2, -0.15) is 0 Å². The fraction of sp³-hybridized carbons (Fsp3) is 0.286. The number of hydrogen-bond donors (Lipinski definition) is 2. The molecule has 4 rings (SSSR count). The topological polar surface area (TPSA) is 52.7 Å². The van der Waals surface area contributed by atoms with Crippen molar-refractivity contribution in [1.82, 2.24) is 4.90 Å². The zero-order valence-electron chi connectivity index (χ0n) is 18.9. The summed E-state index contributed by atoms with van der Waals surface area (Å²) in [6.45, 7) is 4.48. The van der Waals surface area contributed by atoms with Crippen LogP contribution in [0.1, 0.15) is 29.5 Å². The highest BCUT2D eigenvalue weighted by atomic mass is 16.2. The van der Waals surface area contributed by atoms with Gasteiger partial charge >= 0.3 is 0 Å². The van der Waals surface area contributed by atoms with Crippen LogP contribution in [0.5, 0.6) is 0 Å². The molecular weight excluding hydrogens is 394 g/mol. The minimum atomic E-state index is 0.174. The lowest BCUT2D eigenvalue weighted by Crippen LogP contribution is -2.44. The molecule has 1 aliphatic heterocycles. The van der Waals surface area contributed by atoms with Crippen molar-refractivity contribution in [3.63, 3.8) is 0 Å². The van der Waals surface area contributed by atoms with Crippen LogP contribution in [0.4, 0.5) is 11.4 Å². The van der Waals surface area contributed by atoms with Gasteiger partial charge in [0.25, 0.3) is 0 Å². The normalized spacial score (nSPS) is 15.5. The van der Waals surface area contributed by atoms with Crippen LogP contribution in [0.2, 0.25) is 0 Å². The summed E-state index contributed by atoms with van der Waals surface area (Å²) >= 11 is 0. The van der Waals surface area contributed by atoms with Crippen LogP contribution in [0, 0.1) is 0 Å². The van der Waals surface area contributed by atoms with Gasteiger partial charge in [-0.3, -0.25) is 0 Å². The summed E-state index contributed by atoms with van der Waals surface area (Å²) in [5, 5.41) is 9.57. The summed E-state index contributed by atoms with van der Waals surface area (Å²) in [7, 11) is 2.18. The number of aliphatic hydroxyl groups excluding tert-OH is 1. The number of anilines is 2. The molecule has 0 amide bonds. The molecule has 0 radical (unpaired) electrons. The van der Waals surface area contributed by atoms with Crippen molar-refractivity contribution >= 4 is 22.5 Å². The molecule has 3 N–H and O–H groups in total. The summed E-state index contributed by atoms with van der Waals surface area (Å²) in [6.07, 6.45) is 1.53.